The lowest BCUT2D eigenvalue weighted by atomic mass is 9.67. The van der Waals surface area contributed by atoms with E-state index < -0.39 is 10.8 Å². The van der Waals surface area contributed by atoms with Crippen LogP contribution in [-0.2, 0) is 10.8 Å². The Morgan fingerprint density at radius 1 is 0.411 bits per heavy atom. The Morgan fingerprint density at radius 2 is 0.836 bits per heavy atom. The summed E-state index contributed by atoms with van der Waals surface area (Å²) in [4.78, 5) is 7.77. The van der Waals surface area contributed by atoms with Crippen molar-refractivity contribution in [2.45, 2.75) is 43.8 Å². The lowest BCUT2D eigenvalue weighted by Gasteiger charge is -2.42. The Labute approximate surface area is 433 Å². The van der Waals surface area contributed by atoms with Gasteiger partial charge in [-0.2, -0.15) is 0 Å². The van der Waals surface area contributed by atoms with Gasteiger partial charge in [-0.3, -0.25) is 0 Å². The molecule has 2 spiro atoms. The van der Waals surface area contributed by atoms with E-state index in [0.29, 0.717) is 5.92 Å². The van der Waals surface area contributed by atoms with E-state index in [2.05, 4.69) is 248 Å². The van der Waals surface area contributed by atoms with Gasteiger partial charge in [0.25, 0.3) is 0 Å². The first-order valence-corrected chi connectivity index (χ1v) is 27.1. The molecule has 2 nitrogen and oxygen atoms in total. The summed E-state index contributed by atoms with van der Waals surface area (Å²) < 4.78 is 6.62. The van der Waals surface area contributed by atoms with Crippen molar-refractivity contribution in [3.05, 3.63) is 292 Å². The average molecular weight is 968 g/mol. The van der Waals surface area contributed by atoms with Gasteiger partial charge in [-0.25, -0.2) is 0 Å². The van der Waals surface area contributed by atoms with Crippen molar-refractivity contribution in [2.24, 2.45) is 5.92 Å². The van der Waals surface area contributed by atoms with Crippen LogP contribution in [0.4, 0.5) is 11.4 Å². The molecule has 1 atom stereocenters. The Morgan fingerprint density at radius 3 is 1.37 bits per heavy atom. The van der Waals surface area contributed by atoms with Crippen molar-refractivity contribution in [3.63, 3.8) is 0 Å². The molecule has 344 valence electrons. The highest BCUT2D eigenvalue weighted by molar-refractivity contribution is 7.99. The normalized spacial score (nSPS) is 16.6. The minimum Gasteiger partial charge on any atom is -0.456 e. The van der Waals surface area contributed by atoms with Gasteiger partial charge in [0.2, 0.25) is 0 Å². The van der Waals surface area contributed by atoms with E-state index in [1.807, 2.05) is 23.5 Å². The zero-order valence-corrected chi connectivity index (χ0v) is 41.6. The summed E-state index contributed by atoms with van der Waals surface area (Å²) in [6.45, 7) is 2.35. The first kappa shape index (κ1) is 41.6. The molecule has 73 heavy (non-hydrogen) atoms. The minimum atomic E-state index is -0.529. The number of rotatable bonds is 4. The van der Waals surface area contributed by atoms with Gasteiger partial charge in [0.05, 0.1) is 10.8 Å². The molecule has 2 aliphatic heterocycles. The lowest BCUT2D eigenvalue weighted by molar-refractivity contribution is 0.669. The maximum atomic E-state index is 6.62. The average Bonchev–Trinajstić information content (AvgIpc) is 4.08. The van der Waals surface area contributed by atoms with Crippen LogP contribution in [0.25, 0.3) is 49.8 Å². The van der Waals surface area contributed by atoms with Gasteiger partial charge in [0.15, 0.2) is 0 Å². The second kappa shape index (κ2) is 15.5. The molecule has 5 aliphatic rings. The molecule has 0 bridgehead atoms. The summed E-state index contributed by atoms with van der Waals surface area (Å²) in [6, 6.07) is 84.7. The molecule has 3 aliphatic carbocycles. The number of nitrogens with zero attached hydrogens (tertiary/aromatic N) is 1. The highest BCUT2D eigenvalue weighted by Gasteiger charge is 2.52. The van der Waals surface area contributed by atoms with Gasteiger partial charge < -0.3 is 9.32 Å². The third-order valence-corrected chi connectivity index (χ3v) is 18.9. The lowest BCUT2D eigenvalue weighted by Crippen LogP contribution is -2.33. The van der Waals surface area contributed by atoms with Crippen LogP contribution in [0.3, 0.4) is 0 Å². The number of hydrogen-bond acceptors (Lipinski definition) is 4. The van der Waals surface area contributed by atoms with Crippen molar-refractivity contribution in [1.82, 2.24) is 0 Å². The zero-order valence-electron chi connectivity index (χ0n) is 40.0. The summed E-state index contributed by atoms with van der Waals surface area (Å²) in [5.41, 5.74) is 22.6. The van der Waals surface area contributed by atoms with Crippen molar-refractivity contribution >= 4 is 62.4 Å². The summed E-state index contributed by atoms with van der Waals surface area (Å²) in [6.07, 6.45) is 5.71. The van der Waals surface area contributed by atoms with E-state index >= 15 is 0 Å². The molecule has 0 radical (unpaired) electrons. The van der Waals surface area contributed by atoms with E-state index in [-0.39, 0.29) is 0 Å². The number of allylic oxidation sites excluding steroid dienone is 3. The molecule has 0 amide bonds. The fourth-order valence-corrected chi connectivity index (χ4v) is 16.1. The second-order valence-corrected chi connectivity index (χ2v) is 22.4. The highest BCUT2D eigenvalue weighted by Crippen LogP contribution is 2.65. The molecule has 11 aromatic rings. The molecule has 10 aromatic carbocycles. The number of fused-ring (bicyclic) bond motifs is 21. The fraction of sp³-hybridized carbons (Fsp3) is 0.0725. The molecular formula is C69H45NOS2. The van der Waals surface area contributed by atoms with E-state index in [1.165, 1.54) is 109 Å². The first-order valence-electron chi connectivity index (χ1n) is 25.5. The van der Waals surface area contributed by atoms with E-state index in [0.717, 1.165) is 34.3 Å². The highest BCUT2D eigenvalue weighted by atomic mass is 32.2. The predicted octanol–water partition coefficient (Wildman–Crippen LogP) is 18.4. The Balaban J connectivity index is 1.01. The third kappa shape index (κ3) is 5.57. The number of hydrogen-bond donors (Lipinski definition) is 0. The van der Waals surface area contributed by atoms with Crippen molar-refractivity contribution in [2.75, 3.05) is 4.90 Å². The van der Waals surface area contributed by atoms with Crippen LogP contribution < -0.4 is 4.90 Å². The quantitative estimate of drug-likeness (QED) is 0.175. The van der Waals surface area contributed by atoms with E-state index in [9.17, 15) is 0 Å². The molecule has 3 heterocycles. The molecule has 4 heteroatoms. The standard InChI is InChI=1S/C69H45NOS2/c1-42-33-36-60(51(39-42)49-22-16-30-62-67(49)50-21-6-13-29-61(50)71-62)70(43-34-37-65-58(40-43)68(56-27-11-14-31-63(56)72-65)52-23-7-2-17-45(52)46-18-3-8-24-53(46)68)44-35-38-66-59(41-44)69(57-28-12-15-32-64(57)73-66)54-25-9-4-19-47(54)48-20-5-10-26-55(48)69/h2-38,40-42H,39H2,1H3. The first-order chi connectivity index (χ1) is 36.1. The Bertz CT molecular complexity index is 3960. The van der Waals surface area contributed by atoms with Crippen LogP contribution in [0.5, 0.6) is 0 Å². The topological polar surface area (TPSA) is 16.4 Å². The molecule has 0 fully saturated rings. The van der Waals surface area contributed by atoms with Crippen LogP contribution in [-0.4, -0.2) is 0 Å². The van der Waals surface area contributed by atoms with Gasteiger partial charge in [0, 0.05) is 47.4 Å². The minimum absolute atomic E-state index is 0.325. The number of anilines is 2. The van der Waals surface area contributed by atoms with Gasteiger partial charge in [-0.1, -0.05) is 200 Å². The molecule has 0 N–H and O–H groups in total. The van der Waals surface area contributed by atoms with Crippen molar-refractivity contribution in [3.8, 4) is 22.3 Å². The van der Waals surface area contributed by atoms with Crippen LogP contribution in [0.2, 0.25) is 0 Å². The van der Waals surface area contributed by atoms with E-state index in [1.54, 1.807) is 0 Å². The fourth-order valence-electron chi connectivity index (χ4n) is 13.7. The van der Waals surface area contributed by atoms with Crippen LogP contribution in [0.1, 0.15) is 63.4 Å². The third-order valence-electron chi connectivity index (χ3n) is 16.6. The summed E-state index contributed by atoms with van der Waals surface area (Å²) in [5, 5.41) is 2.31. The van der Waals surface area contributed by atoms with Gasteiger partial charge in [-0.05, 0) is 157 Å². The number of para-hydroxylation sites is 1. The monoisotopic (exact) mass is 967 g/mol. The molecule has 1 unspecified atom stereocenters. The SMILES string of the molecule is CC1C=CC(N(c2ccc3c(c2)C2(c4ccccc4S3)c3ccccc3-c3ccccc32)c2ccc3c(c2)C2(c4ccccc4S3)c3ccccc3-c3ccccc32)=C(c2cccc3oc4ccccc4c23)C1. The second-order valence-electron chi connectivity index (χ2n) is 20.3. The molecule has 0 saturated heterocycles. The largest absolute Gasteiger partial charge is 0.456 e. The summed E-state index contributed by atoms with van der Waals surface area (Å²) in [7, 11) is 0. The smallest absolute Gasteiger partial charge is 0.136 e. The number of benzene rings is 10. The molecular weight excluding hydrogens is 923 g/mol. The predicted molar refractivity (Wildman–Crippen MR) is 301 cm³/mol. The van der Waals surface area contributed by atoms with Crippen LogP contribution in [0, 0.1) is 5.92 Å². The maximum absolute atomic E-state index is 6.62. The van der Waals surface area contributed by atoms with Gasteiger partial charge >= 0.3 is 0 Å². The van der Waals surface area contributed by atoms with Crippen molar-refractivity contribution in [1.29, 1.82) is 0 Å². The van der Waals surface area contributed by atoms with Crippen LogP contribution in [0.15, 0.2) is 266 Å². The summed E-state index contributed by atoms with van der Waals surface area (Å²) in [5.74, 6) is 0.325. The zero-order chi connectivity index (χ0) is 48.0. The maximum Gasteiger partial charge on any atom is 0.136 e. The Hall–Kier alpha value is -8.02. The van der Waals surface area contributed by atoms with Gasteiger partial charge in [0.1, 0.15) is 11.2 Å². The molecule has 16 rings (SSSR count). The Kier molecular flexibility index (Phi) is 8.83. The van der Waals surface area contributed by atoms with Crippen molar-refractivity contribution < 1.29 is 4.42 Å². The van der Waals surface area contributed by atoms with E-state index in [4.69, 9.17) is 4.42 Å². The van der Waals surface area contributed by atoms with Gasteiger partial charge in [-0.15, -0.1) is 0 Å². The van der Waals surface area contributed by atoms with Crippen LogP contribution >= 0.6 is 23.5 Å². The molecule has 1 aromatic heterocycles. The summed E-state index contributed by atoms with van der Waals surface area (Å²) >= 11 is 3.80. The molecule has 0 saturated carbocycles. The number of furan rings is 1.